The number of likely N-dealkylation sites (N-methyl/N-ethyl adjacent to an activating group) is 1. The van der Waals surface area contributed by atoms with Gasteiger partial charge >= 0.3 is 0 Å². The third-order valence-electron chi connectivity index (χ3n) is 8.39. The zero-order valence-electron chi connectivity index (χ0n) is 20.4. The van der Waals surface area contributed by atoms with Crippen LogP contribution >= 0.6 is 0 Å². The molecule has 0 radical (unpaired) electrons. The van der Waals surface area contributed by atoms with E-state index in [0.717, 1.165) is 71.6 Å². The highest BCUT2D eigenvalue weighted by atomic mass is 16.5. The lowest BCUT2D eigenvalue weighted by Crippen LogP contribution is -2.53. The van der Waals surface area contributed by atoms with Gasteiger partial charge in [-0.25, -0.2) is 0 Å². The van der Waals surface area contributed by atoms with Gasteiger partial charge in [-0.05, 0) is 44.9 Å². The zero-order chi connectivity index (χ0) is 23.5. The molecule has 1 aromatic rings. The molecular formula is C26H39N5O3. The number of ether oxygens (including phenoxy) is 1. The molecule has 2 amide bonds. The first-order chi connectivity index (χ1) is 16.6. The second-order valence-electron chi connectivity index (χ2n) is 10.2. The van der Waals surface area contributed by atoms with Crippen LogP contribution in [-0.4, -0.2) is 110 Å². The second-order valence-corrected chi connectivity index (χ2v) is 10.2. The molecule has 4 saturated heterocycles. The Morgan fingerprint density at radius 3 is 2.50 bits per heavy atom. The topological polar surface area (TPSA) is 68.4 Å². The van der Waals surface area contributed by atoms with Crippen molar-refractivity contribution < 1.29 is 14.3 Å². The van der Waals surface area contributed by atoms with Crippen LogP contribution in [0.5, 0.6) is 0 Å². The Hall–Kier alpha value is -2.16. The Morgan fingerprint density at radius 2 is 1.76 bits per heavy atom. The summed E-state index contributed by atoms with van der Waals surface area (Å²) >= 11 is 0. The van der Waals surface area contributed by atoms with E-state index in [1.807, 2.05) is 11.0 Å². The number of hydrogen-bond donors (Lipinski definition) is 1. The molecule has 4 aliphatic rings. The number of fused-ring (bicyclic) bond motifs is 1. The normalized spacial score (nSPS) is 29.6. The third kappa shape index (κ3) is 4.95. The van der Waals surface area contributed by atoms with Crippen molar-refractivity contribution in [3.8, 4) is 0 Å². The molecule has 1 N–H and O–H groups in total. The van der Waals surface area contributed by atoms with Gasteiger partial charge in [0.1, 0.15) is 6.04 Å². The van der Waals surface area contributed by atoms with Crippen molar-refractivity contribution in [2.45, 2.75) is 56.3 Å². The molecule has 8 nitrogen and oxygen atoms in total. The largest absolute Gasteiger partial charge is 0.381 e. The standard InChI is InChI=1S/C26H39N5O3/c1-28-22(7-8-24(32)30-15-13-29(14-16-30)20-5-3-2-4-6-20)19-27-26(33)25-23(28)9-12-31(25)21-10-17-34-18-11-21/h2-6,21-23,25H,7-19H2,1H3,(H,27,33)/t22-,23+,25-/m0/s1. The second kappa shape index (κ2) is 10.6. The van der Waals surface area contributed by atoms with Crippen molar-refractivity contribution in [1.29, 1.82) is 0 Å². The van der Waals surface area contributed by atoms with Crippen LogP contribution in [0.2, 0.25) is 0 Å². The van der Waals surface area contributed by atoms with Crippen molar-refractivity contribution in [3.05, 3.63) is 30.3 Å². The van der Waals surface area contributed by atoms with E-state index in [2.05, 4.69) is 51.3 Å². The lowest BCUT2D eigenvalue weighted by atomic mass is 10.0. The minimum atomic E-state index is -0.0835. The summed E-state index contributed by atoms with van der Waals surface area (Å²) in [5, 5.41) is 3.21. The fraction of sp³-hybridized carbons (Fsp3) is 0.692. The molecule has 0 aliphatic carbocycles. The first-order valence-electron chi connectivity index (χ1n) is 13.0. The van der Waals surface area contributed by atoms with Crippen LogP contribution in [0, 0.1) is 0 Å². The van der Waals surface area contributed by atoms with Gasteiger partial charge in [0.05, 0.1) is 0 Å². The maximum atomic E-state index is 13.1. The molecule has 4 heterocycles. The fourth-order valence-electron chi connectivity index (χ4n) is 6.32. The van der Waals surface area contributed by atoms with E-state index in [1.165, 1.54) is 5.69 Å². The molecule has 1 aromatic carbocycles. The quantitative estimate of drug-likeness (QED) is 0.698. The molecule has 4 fully saturated rings. The van der Waals surface area contributed by atoms with Crippen molar-refractivity contribution in [2.75, 3.05) is 64.4 Å². The molecule has 0 aromatic heterocycles. The highest BCUT2D eigenvalue weighted by molar-refractivity contribution is 5.83. The lowest BCUT2D eigenvalue weighted by molar-refractivity contribution is -0.132. The minimum absolute atomic E-state index is 0.0835. The Kier molecular flexibility index (Phi) is 7.37. The van der Waals surface area contributed by atoms with E-state index in [0.29, 0.717) is 19.0 Å². The monoisotopic (exact) mass is 469 g/mol. The molecule has 0 unspecified atom stereocenters. The van der Waals surface area contributed by atoms with Crippen molar-refractivity contribution in [3.63, 3.8) is 0 Å². The van der Waals surface area contributed by atoms with Gasteiger partial charge in [0.15, 0.2) is 0 Å². The first kappa shape index (κ1) is 23.6. The van der Waals surface area contributed by atoms with Gasteiger partial charge in [0.2, 0.25) is 11.8 Å². The number of rotatable bonds is 5. The van der Waals surface area contributed by atoms with E-state index in [4.69, 9.17) is 4.74 Å². The summed E-state index contributed by atoms with van der Waals surface area (Å²) in [5.41, 5.74) is 1.23. The summed E-state index contributed by atoms with van der Waals surface area (Å²) < 4.78 is 5.54. The molecule has 34 heavy (non-hydrogen) atoms. The maximum absolute atomic E-state index is 13.1. The van der Waals surface area contributed by atoms with Crippen LogP contribution in [0.1, 0.15) is 32.1 Å². The molecule has 4 aliphatic heterocycles. The maximum Gasteiger partial charge on any atom is 0.239 e. The number of benzene rings is 1. The molecule has 3 atom stereocenters. The highest BCUT2D eigenvalue weighted by Gasteiger charge is 2.47. The number of amides is 2. The molecule has 186 valence electrons. The molecular weight excluding hydrogens is 430 g/mol. The zero-order valence-corrected chi connectivity index (χ0v) is 20.4. The average molecular weight is 470 g/mol. The van der Waals surface area contributed by atoms with Gasteiger partial charge < -0.3 is 19.9 Å². The SMILES string of the molecule is CN1[C@@H](CCC(=O)N2CCN(c3ccccc3)CC2)CNC(=O)[C@@H]2[C@H]1CCN2C1CCOCC1. The summed E-state index contributed by atoms with van der Waals surface area (Å²) in [5.74, 6) is 0.398. The van der Waals surface area contributed by atoms with Crippen LogP contribution in [0.15, 0.2) is 30.3 Å². The lowest BCUT2D eigenvalue weighted by Gasteiger charge is -2.38. The summed E-state index contributed by atoms with van der Waals surface area (Å²) in [6.07, 6.45) is 4.36. The Balaban J connectivity index is 1.13. The van der Waals surface area contributed by atoms with Crippen LogP contribution in [0.25, 0.3) is 0 Å². The van der Waals surface area contributed by atoms with Gasteiger partial charge in [-0.1, -0.05) is 18.2 Å². The third-order valence-corrected chi connectivity index (χ3v) is 8.39. The molecule has 0 spiro atoms. The van der Waals surface area contributed by atoms with Crippen molar-refractivity contribution in [1.82, 2.24) is 20.0 Å². The van der Waals surface area contributed by atoms with Gasteiger partial charge in [-0.2, -0.15) is 0 Å². The van der Waals surface area contributed by atoms with Gasteiger partial charge in [-0.3, -0.25) is 19.4 Å². The summed E-state index contributed by atoms with van der Waals surface area (Å²) in [4.78, 5) is 35.3. The number of likely N-dealkylation sites (tertiary alicyclic amines) is 1. The smallest absolute Gasteiger partial charge is 0.239 e. The van der Waals surface area contributed by atoms with E-state index < -0.39 is 0 Å². The molecule has 0 bridgehead atoms. The number of anilines is 1. The van der Waals surface area contributed by atoms with Crippen molar-refractivity contribution >= 4 is 17.5 Å². The fourth-order valence-corrected chi connectivity index (χ4v) is 6.32. The minimum Gasteiger partial charge on any atom is -0.381 e. The molecule has 5 rings (SSSR count). The van der Waals surface area contributed by atoms with E-state index in [1.54, 1.807) is 0 Å². The van der Waals surface area contributed by atoms with E-state index in [-0.39, 0.29) is 29.9 Å². The Bertz CT molecular complexity index is 838. The Labute approximate surface area is 203 Å². The van der Waals surface area contributed by atoms with Crippen LogP contribution in [0.4, 0.5) is 5.69 Å². The number of hydrogen-bond acceptors (Lipinski definition) is 6. The highest BCUT2D eigenvalue weighted by Crippen LogP contribution is 2.31. The van der Waals surface area contributed by atoms with Crippen LogP contribution in [-0.2, 0) is 14.3 Å². The summed E-state index contributed by atoms with van der Waals surface area (Å²) in [6.45, 7) is 6.47. The predicted octanol–water partition coefficient (Wildman–Crippen LogP) is 1.17. The number of carbonyl (C=O) groups excluding carboxylic acids is 2. The number of piperazine rings is 1. The van der Waals surface area contributed by atoms with Gasteiger partial charge in [-0.15, -0.1) is 0 Å². The average Bonchev–Trinajstić information content (AvgIpc) is 3.30. The number of nitrogens with zero attached hydrogens (tertiary/aromatic N) is 4. The van der Waals surface area contributed by atoms with Gasteiger partial charge in [0.25, 0.3) is 0 Å². The number of para-hydroxylation sites is 1. The van der Waals surface area contributed by atoms with E-state index >= 15 is 0 Å². The van der Waals surface area contributed by atoms with Gasteiger partial charge in [0, 0.05) is 82.7 Å². The summed E-state index contributed by atoms with van der Waals surface area (Å²) in [7, 11) is 2.15. The summed E-state index contributed by atoms with van der Waals surface area (Å²) in [6, 6.07) is 11.2. The predicted molar refractivity (Wildman–Crippen MR) is 132 cm³/mol. The molecule has 0 saturated carbocycles. The number of carbonyl (C=O) groups is 2. The molecule has 8 heteroatoms. The number of nitrogens with one attached hydrogen (secondary N) is 1. The first-order valence-corrected chi connectivity index (χ1v) is 13.0. The van der Waals surface area contributed by atoms with E-state index in [9.17, 15) is 9.59 Å². The van der Waals surface area contributed by atoms with Crippen molar-refractivity contribution in [2.24, 2.45) is 0 Å². The van der Waals surface area contributed by atoms with Crippen LogP contribution in [0.3, 0.4) is 0 Å². The van der Waals surface area contributed by atoms with Crippen LogP contribution < -0.4 is 10.2 Å². The Morgan fingerprint density at radius 1 is 1.03 bits per heavy atom.